The molecule has 0 aromatic heterocycles. The maximum absolute atomic E-state index is 13.7. The first-order valence-electron chi connectivity index (χ1n) is 7.50. The summed E-state index contributed by atoms with van der Waals surface area (Å²) in [6.07, 6.45) is 0. The highest BCUT2D eigenvalue weighted by Gasteiger charge is 2.18. The molecule has 0 bridgehead atoms. The summed E-state index contributed by atoms with van der Waals surface area (Å²) in [6, 6.07) is 10.7. The van der Waals surface area contributed by atoms with E-state index in [9.17, 15) is 17.6 Å². The molecule has 2 aromatic carbocycles. The van der Waals surface area contributed by atoms with Crippen LogP contribution in [-0.2, 0) is 14.8 Å². The Balaban J connectivity index is 2.22. The zero-order valence-electron chi connectivity index (χ0n) is 13.8. The van der Waals surface area contributed by atoms with Crippen LogP contribution < -0.4 is 10.0 Å². The quantitative estimate of drug-likeness (QED) is 0.788. The van der Waals surface area contributed by atoms with Crippen molar-refractivity contribution in [2.45, 2.75) is 17.9 Å². The number of carbonyl (C=O) groups excluding carboxylic acids is 1. The van der Waals surface area contributed by atoms with Crippen LogP contribution in [0.15, 0.2) is 53.4 Å². The third kappa shape index (κ3) is 5.01. The number of ether oxygens (including phenoxy) is 1. The molecule has 0 saturated carbocycles. The maximum atomic E-state index is 13.7. The minimum Gasteiger partial charge on any atom is -0.383 e. The fraction of sp³-hybridized carbons (Fsp3) is 0.235. The van der Waals surface area contributed by atoms with Gasteiger partial charge in [0.05, 0.1) is 17.2 Å². The highest BCUT2D eigenvalue weighted by Crippen LogP contribution is 2.19. The number of hydrogen-bond acceptors (Lipinski definition) is 4. The van der Waals surface area contributed by atoms with E-state index < -0.39 is 21.7 Å². The summed E-state index contributed by atoms with van der Waals surface area (Å²) >= 11 is 0. The molecule has 6 nitrogen and oxygen atoms in total. The van der Waals surface area contributed by atoms with E-state index in [0.29, 0.717) is 6.61 Å². The van der Waals surface area contributed by atoms with Gasteiger partial charge >= 0.3 is 0 Å². The predicted octanol–water partition coefficient (Wildman–Crippen LogP) is 2.39. The van der Waals surface area contributed by atoms with Crippen LogP contribution in [0.25, 0.3) is 0 Å². The number of methoxy groups -OCH3 is 1. The molecule has 0 fully saturated rings. The van der Waals surface area contributed by atoms with Crippen LogP contribution in [0.2, 0.25) is 0 Å². The van der Waals surface area contributed by atoms with Gasteiger partial charge in [-0.3, -0.25) is 9.52 Å². The van der Waals surface area contributed by atoms with Crippen molar-refractivity contribution in [1.82, 2.24) is 5.32 Å². The van der Waals surface area contributed by atoms with Crippen LogP contribution in [0, 0.1) is 5.82 Å². The largest absolute Gasteiger partial charge is 0.383 e. The average Bonchev–Trinajstić information content (AvgIpc) is 2.57. The van der Waals surface area contributed by atoms with Gasteiger partial charge in [0.15, 0.2) is 0 Å². The van der Waals surface area contributed by atoms with Crippen LogP contribution in [-0.4, -0.2) is 34.1 Å². The molecule has 134 valence electrons. The van der Waals surface area contributed by atoms with Crippen molar-refractivity contribution < 1.29 is 22.3 Å². The Hall–Kier alpha value is -2.45. The van der Waals surface area contributed by atoms with Crippen molar-refractivity contribution >= 4 is 21.6 Å². The highest BCUT2D eigenvalue weighted by atomic mass is 32.2. The first-order chi connectivity index (χ1) is 11.8. The lowest BCUT2D eigenvalue weighted by Gasteiger charge is -2.13. The summed E-state index contributed by atoms with van der Waals surface area (Å²) in [6.45, 7) is 2.10. The number of nitrogens with one attached hydrogen (secondary N) is 2. The second kappa shape index (κ2) is 8.09. The zero-order chi connectivity index (χ0) is 18.4. The minimum absolute atomic E-state index is 0.136. The van der Waals surface area contributed by atoms with Crippen molar-refractivity contribution in [2.75, 3.05) is 18.4 Å². The van der Waals surface area contributed by atoms with Crippen molar-refractivity contribution in [3.05, 3.63) is 59.9 Å². The fourth-order valence-electron chi connectivity index (χ4n) is 2.15. The average molecular weight is 366 g/mol. The molecule has 0 radical (unpaired) electrons. The topological polar surface area (TPSA) is 84.5 Å². The van der Waals surface area contributed by atoms with E-state index in [-0.39, 0.29) is 22.2 Å². The summed E-state index contributed by atoms with van der Waals surface area (Å²) in [5, 5.41) is 2.70. The Morgan fingerprint density at radius 1 is 1.20 bits per heavy atom. The molecular weight excluding hydrogens is 347 g/mol. The van der Waals surface area contributed by atoms with Crippen LogP contribution in [0.5, 0.6) is 0 Å². The number of sulfonamides is 1. The van der Waals surface area contributed by atoms with Gasteiger partial charge in [-0.05, 0) is 37.3 Å². The molecule has 8 heteroatoms. The first-order valence-corrected chi connectivity index (χ1v) is 8.99. The molecule has 1 atom stereocenters. The molecule has 2 aromatic rings. The Kier molecular flexibility index (Phi) is 6.11. The summed E-state index contributed by atoms with van der Waals surface area (Å²) in [7, 11) is -2.51. The van der Waals surface area contributed by atoms with E-state index in [4.69, 9.17) is 4.74 Å². The molecule has 2 rings (SSSR count). The first kappa shape index (κ1) is 18.9. The van der Waals surface area contributed by atoms with Crippen LogP contribution in [0.1, 0.15) is 17.3 Å². The van der Waals surface area contributed by atoms with E-state index >= 15 is 0 Å². The Morgan fingerprint density at radius 3 is 2.60 bits per heavy atom. The smallest absolute Gasteiger partial charge is 0.262 e. The van der Waals surface area contributed by atoms with Gasteiger partial charge < -0.3 is 10.1 Å². The lowest BCUT2D eigenvalue weighted by molar-refractivity contribution is 0.0905. The second-order valence-electron chi connectivity index (χ2n) is 5.44. The van der Waals surface area contributed by atoms with Gasteiger partial charge in [-0.1, -0.05) is 18.2 Å². The molecule has 0 aliphatic carbocycles. The molecule has 1 unspecified atom stereocenters. The number of rotatable bonds is 7. The van der Waals surface area contributed by atoms with Gasteiger partial charge in [0.1, 0.15) is 5.82 Å². The van der Waals surface area contributed by atoms with E-state index in [0.717, 1.165) is 6.07 Å². The van der Waals surface area contributed by atoms with Crippen LogP contribution in [0.4, 0.5) is 10.1 Å². The summed E-state index contributed by atoms with van der Waals surface area (Å²) in [4.78, 5) is 12.0. The normalized spacial score (nSPS) is 12.4. The van der Waals surface area contributed by atoms with Gasteiger partial charge in [0.2, 0.25) is 0 Å². The zero-order valence-corrected chi connectivity index (χ0v) is 14.6. The summed E-state index contributed by atoms with van der Waals surface area (Å²) in [5.74, 6) is -1.11. The van der Waals surface area contributed by atoms with Crippen molar-refractivity contribution in [3.8, 4) is 0 Å². The standard InChI is InChI=1S/C17H19FN2O4S/c1-12(11-24-2)19-17(21)13-6-5-7-14(10-13)25(22,23)20-16-9-4-3-8-15(16)18/h3-10,12,20H,11H2,1-2H3,(H,19,21). The molecule has 1 amide bonds. The lowest BCUT2D eigenvalue weighted by atomic mass is 10.2. The third-order valence-corrected chi connectivity index (χ3v) is 4.68. The molecule has 0 aliphatic heterocycles. The number of hydrogen-bond donors (Lipinski definition) is 2. The lowest BCUT2D eigenvalue weighted by Crippen LogP contribution is -2.35. The molecule has 2 N–H and O–H groups in total. The van der Waals surface area contributed by atoms with Gasteiger partial charge in [-0.2, -0.15) is 0 Å². The third-order valence-electron chi connectivity index (χ3n) is 3.32. The van der Waals surface area contributed by atoms with Gasteiger partial charge in [-0.25, -0.2) is 12.8 Å². The van der Waals surface area contributed by atoms with Crippen molar-refractivity contribution in [2.24, 2.45) is 0 Å². The Morgan fingerprint density at radius 2 is 1.92 bits per heavy atom. The Bertz CT molecular complexity index is 855. The van der Waals surface area contributed by atoms with Crippen molar-refractivity contribution in [3.63, 3.8) is 0 Å². The summed E-state index contributed by atoms with van der Waals surface area (Å²) < 4.78 is 45.6. The molecule has 0 saturated heterocycles. The van der Waals surface area contributed by atoms with E-state index in [1.54, 1.807) is 6.92 Å². The molecule has 0 spiro atoms. The minimum atomic E-state index is -4.03. The monoisotopic (exact) mass is 366 g/mol. The van der Waals surface area contributed by atoms with Gasteiger partial charge in [0, 0.05) is 18.7 Å². The molecular formula is C17H19FN2O4S. The van der Waals surface area contributed by atoms with E-state index in [1.165, 1.54) is 49.6 Å². The number of carbonyl (C=O) groups is 1. The second-order valence-corrected chi connectivity index (χ2v) is 7.13. The van der Waals surface area contributed by atoms with Gasteiger partial charge in [0.25, 0.3) is 15.9 Å². The maximum Gasteiger partial charge on any atom is 0.262 e. The summed E-state index contributed by atoms with van der Waals surface area (Å²) in [5.41, 5.74) is 0.0189. The van der Waals surface area contributed by atoms with Crippen molar-refractivity contribution in [1.29, 1.82) is 0 Å². The van der Waals surface area contributed by atoms with Crippen LogP contribution >= 0.6 is 0 Å². The number of anilines is 1. The Labute approximate surface area is 146 Å². The molecule has 0 aliphatic rings. The van der Waals surface area contributed by atoms with E-state index in [1.807, 2.05) is 0 Å². The predicted molar refractivity (Wildman–Crippen MR) is 92.5 cm³/mol. The van der Waals surface area contributed by atoms with Crippen LogP contribution in [0.3, 0.4) is 0 Å². The highest BCUT2D eigenvalue weighted by molar-refractivity contribution is 7.92. The number of amides is 1. The molecule has 25 heavy (non-hydrogen) atoms. The molecule has 0 heterocycles. The van der Waals surface area contributed by atoms with Gasteiger partial charge in [-0.15, -0.1) is 0 Å². The SMILES string of the molecule is COCC(C)NC(=O)c1cccc(S(=O)(=O)Nc2ccccc2F)c1. The van der Waals surface area contributed by atoms with E-state index in [2.05, 4.69) is 10.0 Å². The number of para-hydroxylation sites is 1. The fourth-order valence-corrected chi connectivity index (χ4v) is 3.26. The number of benzene rings is 2. The number of halogens is 1.